The first-order valence-corrected chi connectivity index (χ1v) is 6.32. The van der Waals surface area contributed by atoms with Crippen LogP contribution in [0.15, 0.2) is 17.2 Å². The van der Waals surface area contributed by atoms with E-state index in [0.717, 1.165) is 0 Å². The second-order valence-corrected chi connectivity index (χ2v) is 5.47. The Labute approximate surface area is 112 Å². The van der Waals surface area contributed by atoms with E-state index in [4.69, 9.17) is 5.11 Å². The lowest BCUT2D eigenvalue weighted by Crippen LogP contribution is -2.36. The zero-order valence-electron chi connectivity index (χ0n) is 11.8. The van der Waals surface area contributed by atoms with Crippen LogP contribution in [0.25, 0.3) is 0 Å². The third-order valence-corrected chi connectivity index (χ3v) is 2.82. The van der Waals surface area contributed by atoms with Crippen LogP contribution in [0.3, 0.4) is 0 Å². The number of aromatic nitrogens is 2. The molecule has 1 atom stereocenters. The Morgan fingerprint density at radius 1 is 1.53 bits per heavy atom. The summed E-state index contributed by atoms with van der Waals surface area (Å²) >= 11 is 0. The first-order chi connectivity index (χ1) is 8.75. The number of carbonyl (C=O) groups is 1. The van der Waals surface area contributed by atoms with Crippen LogP contribution in [0.4, 0.5) is 5.82 Å². The molecule has 0 fully saturated rings. The van der Waals surface area contributed by atoms with Crippen LogP contribution in [-0.2, 0) is 10.3 Å². The van der Waals surface area contributed by atoms with E-state index in [2.05, 4.69) is 10.3 Å². The van der Waals surface area contributed by atoms with Crippen molar-refractivity contribution in [1.82, 2.24) is 9.55 Å². The number of hydrogen-bond acceptors (Lipinski definition) is 4. The Bertz CT molecular complexity index is 503. The highest BCUT2D eigenvalue weighted by molar-refractivity contribution is 5.68. The van der Waals surface area contributed by atoms with E-state index in [1.54, 1.807) is 17.0 Å². The molecule has 0 bridgehead atoms. The van der Waals surface area contributed by atoms with E-state index in [1.807, 2.05) is 27.7 Å². The maximum Gasteiger partial charge on any atom is 0.305 e. The summed E-state index contributed by atoms with van der Waals surface area (Å²) in [6, 6.07) is -0.298. The van der Waals surface area contributed by atoms with E-state index < -0.39 is 5.97 Å². The Hall–Kier alpha value is -1.85. The average molecular weight is 267 g/mol. The topological polar surface area (TPSA) is 84.2 Å². The number of nitrogens with zero attached hydrogens (tertiary/aromatic N) is 2. The van der Waals surface area contributed by atoms with Gasteiger partial charge in [0, 0.05) is 24.0 Å². The maximum atomic E-state index is 12.2. The minimum Gasteiger partial charge on any atom is -0.481 e. The number of aliphatic carboxylic acids is 1. The molecule has 0 aliphatic heterocycles. The molecular weight excluding hydrogens is 246 g/mol. The predicted octanol–water partition coefficient (Wildman–Crippen LogP) is 1.66. The van der Waals surface area contributed by atoms with E-state index in [0.29, 0.717) is 6.42 Å². The van der Waals surface area contributed by atoms with E-state index in [-0.39, 0.29) is 29.4 Å². The SMILES string of the molecule is CCC(CC(=O)O)Nc1nccn(C(C)(C)C)c1=O. The second-order valence-electron chi connectivity index (χ2n) is 5.47. The fourth-order valence-electron chi connectivity index (χ4n) is 1.74. The van der Waals surface area contributed by atoms with Crippen LogP contribution < -0.4 is 10.9 Å². The fraction of sp³-hybridized carbons (Fsp3) is 0.615. The Morgan fingerprint density at radius 3 is 2.63 bits per heavy atom. The lowest BCUT2D eigenvalue weighted by Gasteiger charge is -2.23. The third-order valence-electron chi connectivity index (χ3n) is 2.82. The van der Waals surface area contributed by atoms with Crippen molar-refractivity contribution < 1.29 is 9.90 Å². The first-order valence-electron chi connectivity index (χ1n) is 6.32. The zero-order chi connectivity index (χ0) is 14.6. The fourth-order valence-corrected chi connectivity index (χ4v) is 1.74. The summed E-state index contributed by atoms with van der Waals surface area (Å²) in [6.45, 7) is 7.64. The number of rotatable bonds is 5. The van der Waals surface area contributed by atoms with Gasteiger partial charge in [0.1, 0.15) is 0 Å². The van der Waals surface area contributed by atoms with E-state index >= 15 is 0 Å². The molecule has 0 amide bonds. The summed E-state index contributed by atoms with van der Waals surface area (Å²) in [7, 11) is 0. The largest absolute Gasteiger partial charge is 0.481 e. The Morgan fingerprint density at radius 2 is 2.16 bits per heavy atom. The Kier molecular flexibility index (Phi) is 4.69. The van der Waals surface area contributed by atoms with E-state index in [9.17, 15) is 9.59 Å². The summed E-state index contributed by atoms with van der Waals surface area (Å²) in [5.74, 6) is -0.697. The van der Waals surface area contributed by atoms with Gasteiger partial charge in [-0.1, -0.05) is 6.92 Å². The van der Waals surface area contributed by atoms with Crippen molar-refractivity contribution in [3.8, 4) is 0 Å². The summed E-state index contributed by atoms with van der Waals surface area (Å²) < 4.78 is 1.58. The van der Waals surface area contributed by atoms with Crippen LogP contribution in [0.5, 0.6) is 0 Å². The molecule has 0 aromatic carbocycles. The van der Waals surface area contributed by atoms with Crippen LogP contribution >= 0.6 is 0 Å². The molecule has 1 heterocycles. The molecule has 0 aliphatic carbocycles. The third kappa shape index (κ3) is 4.08. The number of anilines is 1. The van der Waals surface area contributed by atoms with Gasteiger partial charge < -0.3 is 15.0 Å². The number of carboxylic acid groups (broad SMARTS) is 1. The Balaban J connectivity index is 3.02. The molecule has 0 saturated carbocycles. The van der Waals surface area contributed by atoms with Gasteiger partial charge in [-0.25, -0.2) is 4.98 Å². The molecule has 19 heavy (non-hydrogen) atoms. The van der Waals surface area contributed by atoms with E-state index in [1.165, 1.54) is 0 Å². The van der Waals surface area contributed by atoms with Gasteiger partial charge in [0.05, 0.1) is 6.42 Å². The molecule has 0 spiro atoms. The van der Waals surface area contributed by atoms with Crippen molar-refractivity contribution >= 4 is 11.8 Å². The van der Waals surface area contributed by atoms with Crippen molar-refractivity contribution in [2.24, 2.45) is 0 Å². The quantitative estimate of drug-likeness (QED) is 0.847. The maximum absolute atomic E-state index is 12.2. The van der Waals surface area contributed by atoms with Gasteiger partial charge in [-0.3, -0.25) is 9.59 Å². The molecule has 0 radical (unpaired) electrons. The monoisotopic (exact) mass is 267 g/mol. The van der Waals surface area contributed by atoms with Crippen LogP contribution in [-0.4, -0.2) is 26.7 Å². The molecule has 2 N–H and O–H groups in total. The summed E-state index contributed by atoms with van der Waals surface area (Å²) in [5, 5.41) is 11.7. The predicted molar refractivity (Wildman–Crippen MR) is 73.4 cm³/mol. The standard InChI is InChI=1S/C13H21N3O3/c1-5-9(8-10(17)18)15-11-12(19)16(7-6-14-11)13(2,3)4/h6-7,9H,5,8H2,1-4H3,(H,14,15)(H,17,18). The molecule has 0 aliphatic rings. The van der Waals surface area contributed by atoms with Crippen LogP contribution in [0, 0.1) is 0 Å². The lowest BCUT2D eigenvalue weighted by molar-refractivity contribution is -0.137. The van der Waals surface area contributed by atoms with Crippen molar-refractivity contribution in [2.75, 3.05) is 5.32 Å². The molecule has 0 saturated heterocycles. The highest BCUT2D eigenvalue weighted by Gasteiger charge is 2.18. The number of carboxylic acids is 1. The van der Waals surface area contributed by atoms with Crippen LogP contribution in [0.2, 0.25) is 0 Å². The van der Waals surface area contributed by atoms with Gasteiger partial charge in [0.15, 0.2) is 5.82 Å². The summed E-state index contributed by atoms with van der Waals surface area (Å²) in [4.78, 5) is 27.0. The van der Waals surface area contributed by atoms with Crippen molar-refractivity contribution in [2.45, 2.75) is 52.1 Å². The summed E-state index contributed by atoms with van der Waals surface area (Å²) in [5.41, 5.74) is -0.579. The zero-order valence-corrected chi connectivity index (χ0v) is 11.8. The molecular formula is C13H21N3O3. The molecule has 1 unspecified atom stereocenters. The minimum atomic E-state index is -0.897. The van der Waals surface area contributed by atoms with Gasteiger partial charge in [0.2, 0.25) is 0 Å². The minimum absolute atomic E-state index is 0.0397. The van der Waals surface area contributed by atoms with Crippen molar-refractivity contribution in [3.63, 3.8) is 0 Å². The molecule has 1 aromatic heterocycles. The number of nitrogens with one attached hydrogen (secondary N) is 1. The molecule has 1 aromatic rings. The number of hydrogen-bond donors (Lipinski definition) is 2. The smallest absolute Gasteiger partial charge is 0.305 e. The molecule has 106 valence electrons. The molecule has 6 heteroatoms. The van der Waals surface area contributed by atoms with Gasteiger partial charge in [-0.15, -0.1) is 0 Å². The highest BCUT2D eigenvalue weighted by Crippen LogP contribution is 2.12. The van der Waals surface area contributed by atoms with Gasteiger partial charge in [-0.2, -0.15) is 0 Å². The van der Waals surface area contributed by atoms with Gasteiger partial charge in [0.25, 0.3) is 5.56 Å². The average Bonchev–Trinajstić information content (AvgIpc) is 2.28. The van der Waals surface area contributed by atoms with Crippen molar-refractivity contribution in [3.05, 3.63) is 22.7 Å². The van der Waals surface area contributed by atoms with Crippen LogP contribution in [0.1, 0.15) is 40.5 Å². The van der Waals surface area contributed by atoms with Gasteiger partial charge >= 0.3 is 5.97 Å². The highest BCUT2D eigenvalue weighted by atomic mass is 16.4. The molecule has 6 nitrogen and oxygen atoms in total. The lowest BCUT2D eigenvalue weighted by atomic mass is 10.1. The molecule has 1 rings (SSSR count). The normalized spacial score (nSPS) is 13.1. The second kappa shape index (κ2) is 5.86. The first kappa shape index (κ1) is 15.2. The van der Waals surface area contributed by atoms with Crippen molar-refractivity contribution in [1.29, 1.82) is 0 Å². The van der Waals surface area contributed by atoms with Gasteiger partial charge in [-0.05, 0) is 27.2 Å². The summed E-state index contributed by atoms with van der Waals surface area (Å²) in [6.07, 6.45) is 3.74.